The maximum Gasteiger partial charge on any atom is 0.338 e. The van der Waals surface area contributed by atoms with Crippen LogP contribution in [0.2, 0.25) is 0 Å². The third kappa shape index (κ3) is 3.68. The van der Waals surface area contributed by atoms with Crippen molar-refractivity contribution in [3.63, 3.8) is 0 Å². The van der Waals surface area contributed by atoms with Crippen molar-refractivity contribution in [3.8, 4) is 0 Å². The summed E-state index contributed by atoms with van der Waals surface area (Å²) in [6.07, 6.45) is 0. The number of hydrogen-bond donors (Lipinski definition) is 1. The molecule has 4 heteroatoms. The van der Waals surface area contributed by atoms with Crippen LogP contribution in [0, 0.1) is 12.8 Å². The molecule has 0 heterocycles. The Balaban J connectivity index is 1.79. The fourth-order valence-corrected chi connectivity index (χ4v) is 4.41. The molecule has 0 aliphatic heterocycles. The Hall–Kier alpha value is -2.62. The van der Waals surface area contributed by atoms with Crippen LogP contribution in [0.25, 0.3) is 0 Å². The second-order valence-electron chi connectivity index (χ2n) is 7.81. The van der Waals surface area contributed by atoms with E-state index in [0.29, 0.717) is 29.6 Å². The van der Waals surface area contributed by atoms with Crippen molar-refractivity contribution < 1.29 is 14.3 Å². The third-order valence-corrected chi connectivity index (χ3v) is 6.15. The molecular formula is C24H29NO3. The average Bonchev–Trinajstić information content (AvgIpc) is 2.69. The van der Waals surface area contributed by atoms with Crippen LogP contribution in [0.4, 0.5) is 0 Å². The number of benzene rings is 2. The number of rotatable bonds is 4. The van der Waals surface area contributed by atoms with Crippen molar-refractivity contribution in [1.29, 1.82) is 0 Å². The fourth-order valence-electron chi connectivity index (χ4n) is 4.41. The average molecular weight is 380 g/mol. The summed E-state index contributed by atoms with van der Waals surface area (Å²) >= 11 is 0. The van der Waals surface area contributed by atoms with Crippen molar-refractivity contribution in [2.45, 2.75) is 52.5 Å². The molecule has 4 unspecified atom stereocenters. The number of esters is 1. The first-order valence-electron chi connectivity index (χ1n) is 10.0. The maximum absolute atomic E-state index is 12.9. The lowest BCUT2D eigenvalue weighted by Crippen LogP contribution is -2.47. The van der Waals surface area contributed by atoms with Crippen LogP contribution < -0.4 is 5.32 Å². The van der Waals surface area contributed by atoms with E-state index >= 15 is 0 Å². The summed E-state index contributed by atoms with van der Waals surface area (Å²) in [6.45, 7) is 10.9. The van der Waals surface area contributed by atoms with E-state index in [-0.39, 0.29) is 23.8 Å². The molecule has 0 radical (unpaired) electrons. The van der Waals surface area contributed by atoms with Crippen LogP contribution in [0.1, 0.15) is 76.9 Å². The monoisotopic (exact) mass is 379 g/mol. The van der Waals surface area contributed by atoms with Crippen LogP contribution in [0.5, 0.6) is 0 Å². The molecule has 3 rings (SSSR count). The highest BCUT2D eigenvalue weighted by Gasteiger charge is 2.37. The van der Waals surface area contributed by atoms with Crippen LogP contribution in [0.15, 0.2) is 42.5 Å². The van der Waals surface area contributed by atoms with Gasteiger partial charge in [0.2, 0.25) is 0 Å². The largest absolute Gasteiger partial charge is 0.462 e. The Kier molecular flexibility index (Phi) is 5.87. The molecule has 1 N–H and O–H groups in total. The number of nitrogens with one attached hydrogen (secondary N) is 1. The number of amides is 1. The lowest BCUT2D eigenvalue weighted by molar-refractivity contribution is 0.0526. The summed E-state index contributed by atoms with van der Waals surface area (Å²) < 4.78 is 4.99. The summed E-state index contributed by atoms with van der Waals surface area (Å²) in [7, 11) is 0. The van der Waals surface area contributed by atoms with E-state index in [1.54, 1.807) is 31.2 Å². The number of fused-ring (bicyclic) bond motifs is 1. The summed E-state index contributed by atoms with van der Waals surface area (Å²) in [5.41, 5.74) is 5.08. The first kappa shape index (κ1) is 20.1. The second-order valence-corrected chi connectivity index (χ2v) is 7.81. The third-order valence-electron chi connectivity index (χ3n) is 6.15. The van der Waals surface area contributed by atoms with Crippen molar-refractivity contribution >= 4 is 11.9 Å². The Morgan fingerprint density at radius 2 is 1.61 bits per heavy atom. The lowest BCUT2D eigenvalue weighted by atomic mass is 9.68. The molecule has 1 aliphatic rings. The van der Waals surface area contributed by atoms with Gasteiger partial charge >= 0.3 is 5.97 Å². The van der Waals surface area contributed by atoms with E-state index in [1.165, 1.54) is 16.7 Å². The number of hydrogen-bond acceptors (Lipinski definition) is 3. The smallest absolute Gasteiger partial charge is 0.338 e. The Labute approximate surface area is 167 Å². The summed E-state index contributed by atoms with van der Waals surface area (Å²) in [5, 5.41) is 3.24. The zero-order chi connectivity index (χ0) is 20.4. The molecule has 0 bridgehead atoms. The molecule has 4 atom stereocenters. The minimum Gasteiger partial charge on any atom is -0.462 e. The molecule has 0 spiro atoms. The van der Waals surface area contributed by atoms with Crippen molar-refractivity contribution in [3.05, 3.63) is 70.3 Å². The lowest BCUT2D eigenvalue weighted by Gasteiger charge is -2.41. The van der Waals surface area contributed by atoms with Gasteiger partial charge in [0, 0.05) is 17.5 Å². The SMILES string of the molecule is CCOC(=O)c1ccc(C(=O)NC2C(C)c3cccc(C)c3C(C)C2C)cc1. The number of ether oxygens (including phenoxy) is 1. The van der Waals surface area contributed by atoms with E-state index in [1.807, 2.05) is 0 Å². The highest BCUT2D eigenvalue weighted by atomic mass is 16.5. The zero-order valence-electron chi connectivity index (χ0n) is 17.3. The normalized spacial score (nSPS) is 23.6. The van der Waals surface area contributed by atoms with E-state index in [0.717, 1.165) is 0 Å². The van der Waals surface area contributed by atoms with Crippen molar-refractivity contribution in [1.82, 2.24) is 5.32 Å². The molecule has 0 fully saturated rings. The van der Waals surface area contributed by atoms with Gasteiger partial charge in [-0.1, -0.05) is 39.0 Å². The Bertz CT molecular complexity index is 872. The predicted molar refractivity (Wildman–Crippen MR) is 111 cm³/mol. The van der Waals surface area contributed by atoms with Crippen LogP contribution in [0.3, 0.4) is 0 Å². The topological polar surface area (TPSA) is 55.4 Å². The number of aryl methyl sites for hydroxylation is 1. The van der Waals surface area contributed by atoms with Gasteiger partial charge in [0.05, 0.1) is 12.2 Å². The molecular weight excluding hydrogens is 350 g/mol. The molecule has 0 saturated carbocycles. The van der Waals surface area contributed by atoms with Gasteiger partial charge in [0.15, 0.2) is 0 Å². The van der Waals surface area contributed by atoms with Gasteiger partial charge in [0.25, 0.3) is 5.91 Å². The molecule has 1 aliphatic carbocycles. The summed E-state index contributed by atoms with van der Waals surface area (Å²) in [6, 6.07) is 13.1. The molecule has 0 saturated heterocycles. The van der Waals surface area contributed by atoms with Gasteiger partial charge in [-0.3, -0.25) is 4.79 Å². The minimum atomic E-state index is -0.371. The number of carbonyl (C=O) groups is 2. The number of carbonyl (C=O) groups excluding carboxylic acids is 2. The first-order valence-corrected chi connectivity index (χ1v) is 10.0. The predicted octanol–water partition coefficient (Wildman–Crippen LogP) is 4.83. The van der Waals surface area contributed by atoms with E-state index in [9.17, 15) is 9.59 Å². The van der Waals surface area contributed by atoms with Crippen LogP contribution in [-0.2, 0) is 4.74 Å². The standard InChI is InChI=1S/C24H29NO3/c1-6-28-24(27)19-12-10-18(11-13-19)23(26)25-22-16(4)15(3)21-14(2)8-7-9-20(21)17(22)5/h7-13,15-17,22H,6H2,1-5H3,(H,25,26). The first-order chi connectivity index (χ1) is 13.3. The molecule has 1 amide bonds. The Morgan fingerprint density at radius 3 is 2.25 bits per heavy atom. The van der Waals surface area contributed by atoms with E-state index in [2.05, 4.69) is 51.2 Å². The molecule has 0 aromatic heterocycles. The zero-order valence-corrected chi connectivity index (χ0v) is 17.3. The highest BCUT2D eigenvalue weighted by molar-refractivity contribution is 5.96. The minimum absolute atomic E-state index is 0.0570. The van der Waals surface area contributed by atoms with Gasteiger partial charge in [0.1, 0.15) is 0 Å². The van der Waals surface area contributed by atoms with Gasteiger partial charge in [-0.25, -0.2) is 4.79 Å². The van der Waals surface area contributed by atoms with Gasteiger partial charge < -0.3 is 10.1 Å². The highest BCUT2D eigenvalue weighted by Crippen LogP contribution is 2.43. The van der Waals surface area contributed by atoms with Crippen LogP contribution in [-0.4, -0.2) is 24.5 Å². The second kappa shape index (κ2) is 8.17. The molecule has 2 aromatic rings. The van der Waals surface area contributed by atoms with Crippen molar-refractivity contribution in [2.24, 2.45) is 5.92 Å². The summed E-state index contributed by atoms with van der Waals surface area (Å²) in [4.78, 5) is 24.7. The van der Waals surface area contributed by atoms with Gasteiger partial charge in [-0.05, 0) is 66.6 Å². The van der Waals surface area contributed by atoms with Gasteiger partial charge in [-0.2, -0.15) is 0 Å². The maximum atomic E-state index is 12.9. The molecule has 28 heavy (non-hydrogen) atoms. The Morgan fingerprint density at radius 1 is 0.964 bits per heavy atom. The van der Waals surface area contributed by atoms with E-state index < -0.39 is 0 Å². The summed E-state index contributed by atoms with van der Waals surface area (Å²) in [5.74, 6) is 0.464. The van der Waals surface area contributed by atoms with Crippen LogP contribution >= 0.6 is 0 Å². The van der Waals surface area contributed by atoms with Crippen molar-refractivity contribution in [2.75, 3.05) is 6.61 Å². The quantitative estimate of drug-likeness (QED) is 0.775. The molecule has 148 valence electrons. The van der Waals surface area contributed by atoms with Gasteiger partial charge in [-0.15, -0.1) is 0 Å². The van der Waals surface area contributed by atoms with E-state index in [4.69, 9.17) is 4.74 Å². The molecule has 2 aromatic carbocycles. The molecule has 4 nitrogen and oxygen atoms in total. The fraction of sp³-hybridized carbons (Fsp3) is 0.417.